The molecule has 2 aliphatic rings. The van der Waals surface area contributed by atoms with E-state index in [2.05, 4.69) is 16.4 Å². The van der Waals surface area contributed by atoms with Gasteiger partial charge in [0, 0.05) is 31.5 Å². The van der Waals surface area contributed by atoms with Gasteiger partial charge in [-0.2, -0.15) is 0 Å². The van der Waals surface area contributed by atoms with Gasteiger partial charge in [0.2, 0.25) is 10.0 Å². The van der Waals surface area contributed by atoms with Crippen LogP contribution < -0.4 is 14.5 Å². The zero-order chi connectivity index (χ0) is 22.1. The number of anilines is 3. The Morgan fingerprint density at radius 1 is 1.03 bits per heavy atom. The van der Waals surface area contributed by atoms with E-state index in [1.54, 1.807) is 23.2 Å². The van der Waals surface area contributed by atoms with Gasteiger partial charge in [-0.3, -0.25) is 9.10 Å². The SMILES string of the molecule is O=C(c1ccc(NCc2cccc(N3CCCS3(=O)=O)c2)nc1)N1CCc2ccccc21. The summed E-state index contributed by atoms with van der Waals surface area (Å²) in [5, 5.41) is 3.25. The lowest BCUT2D eigenvalue weighted by atomic mass is 10.2. The summed E-state index contributed by atoms with van der Waals surface area (Å²) >= 11 is 0. The van der Waals surface area contributed by atoms with Crippen LogP contribution in [-0.4, -0.2) is 38.2 Å². The number of nitrogens with one attached hydrogen (secondary N) is 1. The van der Waals surface area contributed by atoms with Crippen LogP contribution in [0.1, 0.15) is 27.9 Å². The molecule has 2 aliphatic heterocycles. The maximum absolute atomic E-state index is 12.9. The molecule has 0 bridgehead atoms. The van der Waals surface area contributed by atoms with E-state index < -0.39 is 10.0 Å². The fourth-order valence-corrected chi connectivity index (χ4v) is 5.83. The van der Waals surface area contributed by atoms with Crippen molar-refractivity contribution in [3.05, 3.63) is 83.6 Å². The van der Waals surface area contributed by atoms with Crippen LogP contribution in [0, 0.1) is 0 Å². The highest BCUT2D eigenvalue weighted by atomic mass is 32.2. The molecule has 1 amide bonds. The fourth-order valence-electron chi connectivity index (χ4n) is 4.27. The van der Waals surface area contributed by atoms with Crippen molar-refractivity contribution < 1.29 is 13.2 Å². The average molecular weight is 449 g/mol. The lowest BCUT2D eigenvalue weighted by Crippen LogP contribution is -2.28. The maximum Gasteiger partial charge on any atom is 0.259 e. The molecular weight excluding hydrogens is 424 g/mol. The van der Waals surface area contributed by atoms with Gasteiger partial charge in [0.15, 0.2) is 0 Å². The molecule has 0 atom stereocenters. The van der Waals surface area contributed by atoms with Crippen LogP contribution in [0.4, 0.5) is 17.2 Å². The standard InChI is InChI=1S/C24H24N4O3S/c29-24(27-13-11-19-6-1-2-8-22(19)27)20-9-10-23(26-17-20)25-16-18-5-3-7-21(15-18)28-12-4-14-32(28,30)31/h1-3,5-10,15,17H,4,11-14,16H2,(H,25,26). The number of para-hydroxylation sites is 1. The Labute approximate surface area is 187 Å². The number of nitrogens with zero attached hydrogens (tertiary/aromatic N) is 3. The van der Waals surface area contributed by atoms with E-state index in [4.69, 9.17) is 0 Å². The number of fused-ring (bicyclic) bond motifs is 1. The maximum atomic E-state index is 12.9. The number of benzene rings is 2. The molecule has 0 unspecified atom stereocenters. The number of hydrogen-bond acceptors (Lipinski definition) is 5. The minimum absolute atomic E-state index is 0.0477. The van der Waals surface area contributed by atoms with E-state index >= 15 is 0 Å². The van der Waals surface area contributed by atoms with E-state index in [-0.39, 0.29) is 11.7 Å². The first-order valence-corrected chi connectivity index (χ1v) is 12.3. The summed E-state index contributed by atoms with van der Waals surface area (Å²) in [6.07, 6.45) is 3.12. The number of amides is 1. The van der Waals surface area contributed by atoms with Crippen molar-refractivity contribution in [1.82, 2.24) is 4.98 Å². The van der Waals surface area contributed by atoms with E-state index in [9.17, 15) is 13.2 Å². The quantitative estimate of drug-likeness (QED) is 0.647. The van der Waals surface area contributed by atoms with Crippen LogP contribution in [0.25, 0.3) is 0 Å². The van der Waals surface area contributed by atoms with Crippen LogP contribution in [0.5, 0.6) is 0 Å². The van der Waals surface area contributed by atoms with Gasteiger partial charge in [-0.1, -0.05) is 30.3 Å². The topological polar surface area (TPSA) is 82.6 Å². The number of rotatable bonds is 5. The molecule has 7 nitrogen and oxygen atoms in total. The van der Waals surface area contributed by atoms with Gasteiger partial charge >= 0.3 is 0 Å². The van der Waals surface area contributed by atoms with E-state index in [0.29, 0.717) is 43.1 Å². The predicted octanol–water partition coefficient (Wildman–Crippen LogP) is 3.44. The van der Waals surface area contributed by atoms with Crippen molar-refractivity contribution in [2.24, 2.45) is 0 Å². The van der Waals surface area contributed by atoms with E-state index in [1.807, 2.05) is 42.5 Å². The Bertz CT molecular complexity index is 1260. The number of aromatic nitrogens is 1. The molecule has 2 aromatic carbocycles. The summed E-state index contributed by atoms with van der Waals surface area (Å²) in [4.78, 5) is 19.1. The minimum Gasteiger partial charge on any atom is -0.366 e. The third-order valence-electron chi connectivity index (χ3n) is 5.91. The van der Waals surface area contributed by atoms with Gasteiger partial charge in [0.25, 0.3) is 5.91 Å². The summed E-state index contributed by atoms with van der Waals surface area (Å²) in [5.41, 5.74) is 4.37. The molecule has 3 heterocycles. The number of carbonyl (C=O) groups excluding carboxylic acids is 1. The second-order valence-electron chi connectivity index (χ2n) is 8.03. The molecular formula is C24H24N4O3S. The third-order valence-corrected chi connectivity index (χ3v) is 7.78. The number of pyridine rings is 1. The lowest BCUT2D eigenvalue weighted by molar-refractivity contribution is 0.0989. The van der Waals surface area contributed by atoms with Crippen LogP contribution in [0.2, 0.25) is 0 Å². The van der Waals surface area contributed by atoms with Crippen LogP contribution in [0.3, 0.4) is 0 Å². The molecule has 32 heavy (non-hydrogen) atoms. The van der Waals surface area contributed by atoms with Gasteiger partial charge in [0.05, 0.1) is 17.0 Å². The second kappa shape index (κ2) is 8.27. The van der Waals surface area contributed by atoms with Gasteiger partial charge in [0.1, 0.15) is 5.82 Å². The van der Waals surface area contributed by atoms with Crippen molar-refractivity contribution in [3.63, 3.8) is 0 Å². The Kier molecular flexibility index (Phi) is 5.30. The molecule has 8 heteroatoms. The van der Waals surface area contributed by atoms with E-state index in [1.165, 1.54) is 9.87 Å². The first kappa shape index (κ1) is 20.5. The molecule has 0 saturated carbocycles. The van der Waals surface area contributed by atoms with Crippen molar-refractivity contribution in [2.75, 3.05) is 33.4 Å². The third kappa shape index (κ3) is 3.93. The molecule has 1 aromatic heterocycles. The van der Waals surface area contributed by atoms with Crippen LogP contribution in [0.15, 0.2) is 66.9 Å². The Hall–Kier alpha value is -3.39. The molecule has 1 fully saturated rings. The van der Waals surface area contributed by atoms with Crippen molar-refractivity contribution >= 4 is 33.1 Å². The number of carbonyl (C=O) groups is 1. The Morgan fingerprint density at radius 2 is 1.91 bits per heavy atom. The highest BCUT2D eigenvalue weighted by Crippen LogP contribution is 2.29. The summed E-state index contributed by atoms with van der Waals surface area (Å²) in [7, 11) is -3.20. The molecule has 0 aliphatic carbocycles. The molecule has 164 valence electrons. The second-order valence-corrected chi connectivity index (χ2v) is 10.0. The minimum atomic E-state index is -3.20. The first-order chi connectivity index (χ1) is 15.5. The van der Waals surface area contributed by atoms with Gasteiger partial charge in [-0.15, -0.1) is 0 Å². The van der Waals surface area contributed by atoms with Gasteiger partial charge < -0.3 is 10.2 Å². The summed E-state index contributed by atoms with van der Waals surface area (Å²) < 4.78 is 25.8. The van der Waals surface area contributed by atoms with Crippen LogP contribution in [-0.2, 0) is 23.0 Å². The largest absolute Gasteiger partial charge is 0.366 e. The van der Waals surface area contributed by atoms with Gasteiger partial charge in [-0.25, -0.2) is 13.4 Å². The number of hydrogen-bond donors (Lipinski definition) is 1. The molecule has 3 aromatic rings. The van der Waals surface area contributed by atoms with E-state index in [0.717, 1.165) is 17.7 Å². The van der Waals surface area contributed by atoms with Gasteiger partial charge in [-0.05, 0) is 54.3 Å². The summed E-state index contributed by atoms with van der Waals surface area (Å²) in [6.45, 7) is 1.71. The average Bonchev–Trinajstić information content (AvgIpc) is 3.40. The molecule has 1 N–H and O–H groups in total. The van der Waals surface area contributed by atoms with Crippen molar-refractivity contribution in [2.45, 2.75) is 19.4 Å². The molecule has 5 rings (SSSR count). The normalized spacial score (nSPS) is 16.8. The Morgan fingerprint density at radius 3 is 2.69 bits per heavy atom. The molecule has 0 radical (unpaired) electrons. The monoisotopic (exact) mass is 448 g/mol. The number of sulfonamides is 1. The highest BCUT2D eigenvalue weighted by Gasteiger charge is 2.28. The zero-order valence-corrected chi connectivity index (χ0v) is 18.4. The van der Waals surface area contributed by atoms with Crippen molar-refractivity contribution in [3.8, 4) is 0 Å². The Balaban J connectivity index is 1.24. The predicted molar refractivity (Wildman–Crippen MR) is 126 cm³/mol. The van der Waals surface area contributed by atoms with Crippen LogP contribution >= 0.6 is 0 Å². The molecule has 1 saturated heterocycles. The summed E-state index contributed by atoms with van der Waals surface area (Å²) in [5.74, 6) is 0.809. The molecule has 0 spiro atoms. The summed E-state index contributed by atoms with van der Waals surface area (Å²) in [6, 6.07) is 19.1. The first-order valence-electron chi connectivity index (χ1n) is 10.7. The zero-order valence-electron chi connectivity index (χ0n) is 17.6. The highest BCUT2D eigenvalue weighted by molar-refractivity contribution is 7.93. The smallest absolute Gasteiger partial charge is 0.259 e. The lowest BCUT2D eigenvalue weighted by Gasteiger charge is -2.18. The van der Waals surface area contributed by atoms with Crippen molar-refractivity contribution in [1.29, 1.82) is 0 Å². The fraction of sp³-hybridized carbons (Fsp3) is 0.250.